The van der Waals surface area contributed by atoms with Gasteiger partial charge in [-0.15, -0.1) is 0 Å². The second-order valence-corrected chi connectivity index (χ2v) is 8.47. The Hall–Kier alpha value is -0.0800. The van der Waals surface area contributed by atoms with Crippen LogP contribution in [0, 0.1) is 11.8 Å². The highest BCUT2D eigenvalue weighted by atomic mass is 16.3. The molecule has 2 N–H and O–H groups in total. The van der Waals surface area contributed by atoms with Crippen molar-refractivity contribution in [2.75, 3.05) is 0 Å². The molecule has 0 aliphatic carbocycles. The summed E-state index contributed by atoms with van der Waals surface area (Å²) in [5.41, 5.74) is 0. The van der Waals surface area contributed by atoms with Gasteiger partial charge < -0.3 is 10.2 Å². The van der Waals surface area contributed by atoms with E-state index in [0.29, 0.717) is 11.8 Å². The molecule has 0 saturated heterocycles. The van der Waals surface area contributed by atoms with Crippen molar-refractivity contribution in [1.82, 2.24) is 0 Å². The van der Waals surface area contributed by atoms with Crippen LogP contribution in [-0.2, 0) is 0 Å². The van der Waals surface area contributed by atoms with Gasteiger partial charge in [-0.05, 0) is 25.2 Å². The second kappa shape index (κ2) is 20.2. The lowest BCUT2D eigenvalue weighted by Gasteiger charge is -2.13. The van der Waals surface area contributed by atoms with Gasteiger partial charge >= 0.3 is 0 Å². The Bertz CT molecular complexity index is 230. The van der Waals surface area contributed by atoms with Crippen LogP contribution in [0.4, 0.5) is 0 Å². The molecule has 2 atom stereocenters. The molecule has 0 saturated carbocycles. The van der Waals surface area contributed by atoms with Gasteiger partial charge in [0.15, 0.2) is 0 Å². The summed E-state index contributed by atoms with van der Waals surface area (Å²) in [6, 6.07) is 0. The van der Waals surface area contributed by atoms with E-state index in [4.69, 9.17) is 5.11 Å². The molecule has 2 nitrogen and oxygen atoms in total. The van der Waals surface area contributed by atoms with E-state index < -0.39 is 0 Å². The number of aliphatic hydroxyl groups is 2. The maximum absolute atomic E-state index is 9.69. The lowest BCUT2D eigenvalue weighted by molar-refractivity contribution is 0.113. The fourth-order valence-corrected chi connectivity index (χ4v) is 2.53. The van der Waals surface area contributed by atoms with E-state index in [1.807, 2.05) is 13.8 Å². The molecule has 0 amide bonds. The fourth-order valence-electron chi connectivity index (χ4n) is 2.53. The minimum atomic E-state index is -0.148. The minimum Gasteiger partial charge on any atom is -0.393 e. The van der Waals surface area contributed by atoms with E-state index in [9.17, 15) is 5.11 Å². The maximum Gasteiger partial charge on any atom is 0.0563 e. The van der Waals surface area contributed by atoms with Gasteiger partial charge in [-0.2, -0.15) is 0 Å². The standard InChI is InChI=1S/C18H38O.C5H12O/c1-4-5-6-7-8-9-10-11-12-13-14-15-16-18(19)17(2)3;1-4(2)5(3)6/h17-19H,4-16H2,1-3H3;4-6H,1-3H3/t;5-/m.0/s1. The highest BCUT2D eigenvalue weighted by Gasteiger charge is 2.07. The van der Waals surface area contributed by atoms with Crippen LogP contribution in [-0.4, -0.2) is 22.4 Å². The Balaban J connectivity index is 0. The van der Waals surface area contributed by atoms with Gasteiger partial charge in [0, 0.05) is 0 Å². The fraction of sp³-hybridized carbons (Fsp3) is 1.00. The van der Waals surface area contributed by atoms with Gasteiger partial charge in [0.25, 0.3) is 0 Å². The largest absolute Gasteiger partial charge is 0.393 e. The monoisotopic (exact) mass is 358 g/mol. The van der Waals surface area contributed by atoms with Crippen molar-refractivity contribution >= 4 is 0 Å². The molecule has 0 heterocycles. The molecule has 0 bridgehead atoms. The molecule has 0 spiro atoms. The molecular weight excluding hydrogens is 308 g/mol. The van der Waals surface area contributed by atoms with Crippen molar-refractivity contribution in [3.8, 4) is 0 Å². The van der Waals surface area contributed by atoms with E-state index in [1.165, 1.54) is 77.0 Å². The van der Waals surface area contributed by atoms with Crippen molar-refractivity contribution in [3.05, 3.63) is 0 Å². The lowest BCUT2D eigenvalue weighted by atomic mass is 10.00. The first-order chi connectivity index (χ1) is 11.8. The number of hydrogen-bond donors (Lipinski definition) is 2. The smallest absolute Gasteiger partial charge is 0.0563 e. The van der Waals surface area contributed by atoms with E-state index in [1.54, 1.807) is 6.92 Å². The summed E-state index contributed by atoms with van der Waals surface area (Å²) in [5, 5.41) is 18.3. The van der Waals surface area contributed by atoms with Crippen LogP contribution in [0.15, 0.2) is 0 Å². The van der Waals surface area contributed by atoms with Gasteiger partial charge in [0.05, 0.1) is 12.2 Å². The second-order valence-electron chi connectivity index (χ2n) is 8.47. The van der Waals surface area contributed by atoms with Crippen molar-refractivity contribution in [2.45, 2.75) is 137 Å². The highest BCUT2D eigenvalue weighted by Crippen LogP contribution is 2.14. The third-order valence-corrected chi connectivity index (χ3v) is 5.09. The molecule has 0 aliphatic heterocycles. The van der Waals surface area contributed by atoms with Gasteiger partial charge in [0.2, 0.25) is 0 Å². The molecule has 0 aromatic carbocycles. The lowest BCUT2D eigenvalue weighted by Crippen LogP contribution is -2.13. The van der Waals surface area contributed by atoms with Crippen LogP contribution in [0.1, 0.15) is 125 Å². The molecule has 1 unspecified atom stereocenters. The van der Waals surface area contributed by atoms with E-state index in [2.05, 4.69) is 20.8 Å². The number of hydrogen-bond acceptors (Lipinski definition) is 2. The van der Waals surface area contributed by atoms with Crippen molar-refractivity contribution in [3.63, 3.8) is 0 Å². The van der Waals surface area contributed by atoms with E-state index in [-0.39, 0.29) is 12.2 Å². The zero-order chi connectivity index (χ0) is 19.5. The Morgan fingerprint density at radius 1 is 0.520 bits per heavy atom. The summed E-state index contributed by atoms with van der Waals surface area (Å²) in [6.07, 6.45) is 17.4. The molecule has 0 rings (SSSR count). The van der Waals surface area contributed by atoms with Crippen molar-refractivity contribution in [1.29, 1.82) is 0 Å². The molecular formula is C23H50O2. The Labute approximate surface area is 159 Å². The first-order valence-electron chi connectivity index (χ1n) is 11.2. The summed E-state index contributed by atoms with van der Waals surface area (Å²) in [5.74, 6) is 0.831. The molecule has 25 heavy (non-hydrogen) atoms. The van der Waals surface area contributed by atoms with Crippen molar-refractivity contribution < 1.29 is 10.2 Å². The maximum atomic E-state index is 9.69. The molecule has 0 aromatic rings. The van der Waals surface area contributed by atoms with Crippen LogP contribution in [0.25, 0.3) is 0 Å². The summed E-state index contributed by atoms with van der Waals surface area (Å²) in [4.78, 5) is 0. The number of aliphatic hydroxyl groups excluding tert-OH is 2. The van der Waals surface area contributed by atoms with Crippen LogP contribution < -0.4 is 0 Å². The summed E-state index contributed by atoms with van der Waals surface area (Å²) >= 11 is 0. The summed E-state index contributed by atoms with van der Waals surface area (Å²) in [6.45, 7) is 12.3. The topological polar surface area (TPSA) is 40.5 Å². The average Bonchev–Trinajstić information content (AvgIpc) is 2.56. The van der Waals surface area contributed by atoms with Crippen LogP contribution in [0.2, 0.25) is 0 Å². The molecule has 0 aliphatic rings. The summed E-state index contributed by atoms with van der Waals surface area (Å²) < 4.78 is 0. The van der Waals surface area contributed by atoms with Gasteiger partial charge in [-0.1, -0.05) is 112 Å². The normalized spacial score (nSPS) is 13.7. The van der Waals surface area contributed by atoms with Crippen molar-refractivity contribution in [2.24, 2.45) is 11.8 Å². The minimum absolute atomic E-state index is 0.0804. The van der Waals surface area contributed by atoms with Gasteiger partial charge in [-0.25, -0.2) is 0 Å². The molecule has 154 valence electrons. The zero-order valence-corrected chi connectivity index (χ0v) is 18.4. The third-order valence-electron chi connectivity index (χ3n) is 5.09. The Kier molecular flexibility index (Phi) is 22.0. The zero-order valence-electron chi connectivity index (χ0n) is 18.4. The van der Waals surface area contributed by atoms with Crippen LogP contribution in [0.5, 0.6) is 0 Å². The van der Waals surface area contributed by atoms with Gasteiger partial charge in [0.1, 0.15) is 0 Å². The van der Waals surface area contributed by atoms with E-state index in [0.717, 1.165) is 6.42 Å². The van der Waals surface area contributed by atoms with Crippen LogP contribution >= 0.6 is 0 Å². The predicted molar refractivity (Wildman–Crippen MR) is 113 cm³/mol. The molecule has 2 heteroatoms. The van der Waals surface area contributed by atoms with Gasteiger partial charge in [-0.3, -0.25) is 0 Å². The third kappa shape index (κ3) is 23.9. The molecule has 0 aromatic heterocycles. The average molecular weight is 359 g/mol. The van der Waals surface area contributed by atoms with Crippen LogP contribution in [0.3, 0.4) is 0 Å². The molecule has 0 radical (unpaired) electrons. The highest BCUT2D eigenvalue weighted by molar-refractivity contribution is 4.59. The Morgan fingerprint density at radius 3 is 1.12 bits per heavy atom. The van der Waals surface area contributed by atoms with E-state index >= 15 is 0 Å². The molecule has 0 fully saturated rings. The predicted octanol–water partition coefficient (Wildman–Crippen LogP) is 7.12. The summed E-state index contributed by atoms with van der Waals surface area (Å²) in [7, 11) is 0. The first-order valence-corrected chi connectivity index (χ1v) is 11.2. The quantitative estimate of drug-likeness (QED) is 0.306. The Morgan fingerprint density at radius 2 is 0.840 bits per heavy atom. The SMILES string of the molecule is CC(C)[C@H](C)O.CCCCCCCCCCCCCCC(O)C(C)C. The number of unbranched alkanes of at least 4 members (excludes halogenated alkanes) is 11. The first kappa shape index (κ1) is 27.1. The number of rotatable bonds is 15.